The highest BCUT2D eigenvalue weighted by Crippen LogP contribution is 2.24. The largest absolute Gasteiger partial charge is 0.494 e. The summed E-state index contributed by atoms with van der Waals surface area (Å²) < 4.78 is 4.89. The van der Waals surface area contributed by atoms with Gasteiger partial charge in [0.15, 0.2) is 11.2 Å². The Kier molecular flexibility index (Phi) is 5.26. The van der Waals surface area contributed by atoms with Gasteiger partial charge in [0.05, 0.1) is 11.3 Å². The van der Waals surface area contributed by atoms with Gasteiger partial charge in [-0.25, -0.2) is 13.8 Å². The summed E-state index contributed by atoms with van der Waals surface area (Å²) in [6.07, 6.45) is 4.13. The maximum absolute atomic E-state index is 13.4. The number of hydrogen-bond acceptors (Lipinski definition) is 5. The van der Waals surface area contributed by atoms with Gasteiger partial charge in [0.1, 0.15) is 0 Å². The van der Waals surface area contributed by atoms with Crippen molar-refractivity contribution < 1.29 is 5.11 Å². The van der Waals surface area contributed by atoms with Crippen molar-refractivity contribution in [2.24, 2.45) is 14.1 Å². The Bertz CT molecular complexity index is 1460. The highest BCUT2D eigenvalue weighted by Gasteiger charge is 2.24. The lowest BCUT2D eigenvalue weighted by Crippen LogP contribution is -2.37. The summed E-state index contributed by atoms with van der Waals surface area (Å²) in [5.74, 6) is -0.221. The molecule has 0 atom stereocenters. The molecule has 0 spiro atoms. The predicted octanol–water partition coefficient (Wildman–Crippen LogP) is 1.86. The molecule has 0 fully saturated rings. The molecule has 9 nitrogen and oxygen atoms in total. The van der Waals surface area contributed by atoms with E-state index in [1.807, 2.05) is 6.07 Å². The molecule has 0 aliphatic carbocycles. The number of hydrogen-bond donors (Lipinski definition) is 1. The topological polar surface area (TPSA) is 104 Å². The van der Waals surface area contributed by atoms with Crippen molar-refractivity contribution in [2.75, 3.05) is 0 Å². The summed E-state index contributed by atoms with van der Waals surface area (Å²) in [5.41, 5.74) is -0.561. The van der Waals surface area contributed by atoms with Gasteiger partial charge in [-0.1, -0.05) is 44.4 Å². The number of benzene rings is 1. The van der Waals surface area contributed by atoms with Crippen molar-refractivity contribution in [1.29, 1.82) is 0 Å². The molecular weight excluding hydrogens is 398 g/mol. The number of aromatic nitrogens is 5. The van der Waals surface area contributed by atoms with E-state index in [4.69, 9.17) is 0 Å². The van der Waals surface area contributed by atoms with E-state index in [0.29, 0.717) is 12.1 Å². The molecule has 4 rings (SSSR count). The number of unbranched alkanes of at least 4 members (excludes halogenated alkanes) is 3. The first kappa shape index (κ1) is 20.6. The SMILES string of the molecule is CCCCCCc1c(O)n2c3c(=O)n(C)c(=O)n(C)c3nc2n(-c2ccccc2)c1=O. The second kappa shape index (κ2) is 7.90. The van der Waals surface area contributed by atoms with Gasteiger partial charge in [0, 0.05) is 14.1 Å². The van der Waals surface area contributed by atoms with Crippen LogP contribution in [0.15, 0.2) is 44.7 Å². The molecule has 0 radical (unpaired) electrons. The Labute approximate surface area is 177 Å². The Morgan fingerprint density at radius 2 is 1.65 bits per heavy atom. The molecule has 0 saturated carbocycles. The van der Waals surface area contributed by atoms with Gasteiger partial charge in [-0.05, 0) is 25.0 Å². The second-order valence-corrected chi connectivity index (χ2v) is 7.71. The number of fused-ring (bicyclic) bond motifs is 3. The van der Waals surface area contributed by atoms with Crippen LogP contribution in [0.3, 0.4) is 0 Å². The molecule has 1 aromatic carbocycles. The number of aromatic hydroxyl groups is 1. The molecule has 1 N–H and O–H groups in total. The quantitative estimate of drug-likeness (QED) is 0.477. The van der Waals surface area contributed by atoms with Crippen LogP contribution in [0.25, 0.3) is 22.6 Å². The minimum Gasteiger partial charge on any atom is -0.494 e. The molecule has 0 bridgehead atoms. The lowest BCUT2D eigenvalue weighted by molar-refractivity contribution is 0.434. The molecular formula is C22H25N5O4. The molecule has 9 heteroatoms. The monoisotopic (exact) mass is 423 g/mol. The smallest absolute Gasteiger partial charge is 0.332 e. The molecule has 31 heavy (non-hydrogen) atoms. The fraction of sp³-hybridized carbons (Fsp3) is 0.364. The maximum Gasteiger partial charge on any atom is 0.332 e. The van der Waals surface area contributed by atoms with Gasteiger partial charge in [-0.3, -0.25) is 18.7 Å². The molecule has 0 aliphatic rings. The molecule has 0 saturated heterocycles. The highest BCUT2D eigenvalue weighted by molar-refractivity contribution is 5.77. The normalized spacial score (nSPS) is 11.6. The van der Waals surface area contributed by atoms with Gasteiger partial charge in [-0.2, -0.15) is 4.98 Å². The van der Waals surface area contributed by atoms with E-state index >= 15 is 0 Å². The number of nitrogens with zero attached hydrogens (tertiary/aromatic N) is 5. The van der Waals surface area contributed by atoms with Crippen LogP contribution in [0.2, 0.25) is 0 Å². The van der Waals surface area contributed by atoms with E-state index in [2.05, 4.69) is 11.9 Å². The third-order valence-electron chi connectivity index (χ3n) is 5.68. The van der Waals surface area contributed by atoms with E-state index in [9.17, 15) is 19.5 Å². The fourth-order valence-electron chi connectivity index (χ4n) is 3.95. The van der Waals surface area contributed by atoms with E-state index in [-0.39, 0.29) is 33.9 Å². The lowest BCUT2D eigenvalue weighted by atomic mass is 10.1. The van der Waals surface area contributed by atoms with Gasteiger partial charge in [0.25, 0.3) is 11.1 Å². The summed E-state index contributed by atoms with van der Waals surface area (Å²) in [4.78, 5) is 43.3. The van der Waals surface area contributed by atoms with Crippen LogP contribution in [0.1, 0.15) is 38.2 Å². The van der Waals surface area contributed by atoms with Crippen LogP contribution in [0, 0.1) is 0 Å². The average Bonchev–Trinajstić information content (AvgIpc) is 3.17. The molecule has 162 valence electrons. The zero-order valence-electron chi connectivity index (χ0n) is 17.8. The van der Waals surface area contributed by atoms with Crippen LogP contribution in [0.4, 0.5) is 0 Å². The Hall–Kier alpha value is -3.62. The third kappa shape index (κ3) is 3.17. The summed E-state index contributed by atoms with van der Waals surface area (Å²) in [6, 6.07) is 8.94. The Balaban J connectivity index is 2.15. The van der Waals surface area contributed by atoms with Gasteiger partial charge in [-0.15, -0.1) is 0 Å². The van der Waals surface area contributed by atoms with Crippen molar-refractivity contribution >= 4 is 16.9 Å². The van der Waals surface area contributed by atoms with Gasteiger partial charge < -0.3 is 5.11 Å². The van der Waals surface area contributed by atoms with Crippen molar-refractivity contribution in [3.63, 3.8) is 0 Å². The first-order chi connectivity index (χ1) is 14.9. The Morgan fingerprint density at radius 1 is 0.935 bits per heavy atom. The lowest BCUT2D eigenvalue weighted by Gasteiger charge is -2.13. The van der Waals surface area contributed by atoms with Crippen LogP contribution in [-0.4, -0.2) is 28.2 Å². The number of rotatable bonds is 6. The molecule has 3 aromatic heterocycles. The van der Waals surface area contributed by atoms with Crippen molar-refractivity contribution in [1.82, 2.24) is 23.1 Å². The first-order valence-electron chi connectivity index (χ1n) is 10.4. The van der Waals surface area contributed by atoms with E-state index in [0.717, 1.165) is 30.3 Å². The van der Waals surface area contributed by atoms with Gasteiger partial charge >= 0.3 is 5.69 Å². The maximum atomic E-state index is 13.4. The minimum absolute atomic E-state index is 0.0524. The van der Waals surface area contributed by atoms with E-state index in [1.165, 1.54) is 27.6 Å². The molecule has 3 heterocycles. The van der Waals surface area contributed by atoms with Crippen LogP contribution in [0.5, 0.6) is 5.88 Å². The van der Waals surface area contributed by atoms with E-state index < -0.39 is 11.2 Å². The number of para-hydroxylation sites is 1. The molecule has 0 aliphatic heterocycles. The second-order valence-electron chi connectivity index (χ2n) is 7.71. The summed E-state index contributed by atoms with van der Waals surface area (Å²) in [7, 11) is 2.88. The number of aryl methyl sites for hydroxylation is 1. The zero-order valence-corrected chi connectivity index (χ0v) is 17.8. The average molecular weight is 423 g/mol. The summed E-state index contributed by atoms with van der Waals surface area (Å²) in [6.45, 7) is 2.10. The van der Waals surface area contributed by atoms with Crippen LogP contribution < -0.4 is 16.8 Å². The van der Waals surface area contributed by atoms with Gasteiger partial charge in [0.2, 0.25) is 11.7 Å². The first-order valence-corrected chi connectivity index (χ1v) is 10.4. The minimum atomic E-state index is -0.587. The molecule has 0 amide bonds. The van der Waals surface area contributed by atoms with Crippen LogP contribution >= 0.6 is 0 Å². The van der Waals surface area contributed by atoms with Crippen molar-refractivity contribution in [3.8, 4) is 11.6 Å². The standard InChI is InChI=1S/C22H25N5O4/c1-4-5-6-10-13-15-18(28)26(14-11-8-7-9-12-14)21-23-17-16(27(21)19(15)29)20(30)25(3)22(31)24(17)2/h7-9,11-12,29H,4-6,10,13H2,1-3H3. The highest BCUT2D eigenvalue weighted by atomic mass is 16.3. The van der Waals surface area contributed by atoms with E-state index in [1.54, 1.807) is 24.3 Å². The summed E-state index contributed by atoms with van der Waals surface area (Å²) in [5, 5.41) is 11.1. The third-order valence-corrected chi connectivity index (χ3v) is 5.68. The van der Waals surface area contributed by atoms with Crippen molar-refractivity contribution in [2.45, 2.75) is 39.0 Å². The number of imidazole rings is 1. The molecule has 0 unspecified atom stereocenters. The fourth-order valence-corrected chi connectivity index (χ4v) is 3.95. The predicted molar refractivity (Wildman–Crippen MR) is 118 cm³/mol. The van der Waals surface area contributed by atoms with Crippen molar-refractivity contribution in [3.05, 3.63) is 67.1 Å². The molecule has 4 aromatic rings. The summed E-state index contributed by atoms with van der Waals surface area (Å²) >= 11 is 0. The van der Waals surface area contributed by atoms with Crippen LogP contribution in [-0.2, 0) is 20.5 Å². The Morgan fingerprint density at radius 3 is 2.32 bits per heavy atom. The zero-order chi connectivity index (χ0) is 22.3.